The molecule has 3 nitrogen and oxygen atoms in total. The fourth-order valence-corrected chi connectivity index (χ4v) is 0.896. The Balaban J connectivity index is 2.64. The lowest BCUT2D eigenvalue weighted by Gasteiger charge is -2.02. The van der Waals surface area contributed by atoms with E-state index in [0.717, 1.165) is 5.56 Å². The van der Waals surface area contributed by atoms with Crippen LogP contribution in [0, 0.1) is 6.07 Å². The van der Waals surface area contributed by atoms with Crippen molar-refractivity contribution < 1.29 is 9.90 Å². The average Bonchev–Trinajstić information content (AvgIpc) is 2.09. The molecule has 1 rings (SSSR count). The van der Waals surface area contributed by atoms with E-state index in [4.69, 9.17) is 10.8 Å². The van der Waals surface area contributed by atoms with Crippen molar-refractivity contribution in [3.8, 4) is 5.75 Å². The molecule has 0 fully saturated rings. The highest BCUT2D eigenvalue weighted by molar-refractivity contribution is 5.57. The Hall–Kier alpha value is -1.35. The summed E-state index contributed by atoms with van der Waals surface area (Å²) in [5.74, 6) is 0.0958. The zero-order valence-electron chi connectivity index (χ0n) is 6.53. The molecule has 0 saturated carbocycles. The van der Waals surface area contributed by atoms with E-state index >= 15 is 0 Å². The smallest absolute Gasteiger partial charge is 0.137 e. The third-order valence-corrected chi connectivity index (χ3v) is 1.51. The molecule has 0 heterocycles. The molecule has 0 aliphatic rings. The van der Waals surface area contributed by atoms with Crippen molar-refractivity contribution in [1.82, 2.24) is 0 Å². The lowest BCUT2D eigenvalue weighted by molar-refractivity contribution is -0.108. The van der Waals surface area contributed by atoms with E-state index in [9.17, 15) is 4.79 Å². The standard InChI is InChI=1S/C9H10NO2/c10-8(6-11)5-7-1-3-9(12)4-2-7/h1-3,6,8,12H,5,10H2/t8-/m0/s1. The van der Waals surface area contributed by atoms with Crippen molar-refractivity contribution in [2.45, 2.75) is 12.5 Å². The summed E-state index contributed by atoms with van der Waals surface area (Å²) in [5, 5.41) is 8.89. The molecule has 0 amide bonds. The lowest BCUT2D eigenvalue weighted by atomic mass is 10.1. The van der Waals surface area contributed by atoms with E-state index in [1.54, 1.807) is 12.1 Å². The van der Waals surface area contributed by atoms with Gasteiger partial charge in [-0.1, -0.05) is 6.07 Å². The van der Waals surface area contributed by atoms with Gasteiger partial charge >= 0.3 is 0 Å². The molecule has 3 N–H and O–H groups in total. The molecule has 1 aromatic rings. The maximum absolute atomic E-state index is 10.2. The summed E-state index contributed by atoms with van der Waals surface area (Å²) in [5.41, 5.74) is 6.29. The first-order chi connectivity index (χ1) is 5.72. The Morgan fingerprint density at radius 2 is 2.42 bits per heavy atom. The van der Waals surface area contributed by atoms with Crippen LogP contribution in [0.25, 0.3) is 0 Å². The van der Waals surface area contributed by atoms with Crippen LogP contribution >= 0.6 is 0 Å². The molecule has 1 atom stereocenters. The van der Waals surface area contributed by atoms with E-state index in [1.165, 1.54) is 6.07 Å². The molecule has 0 aliphatic carbocycles. The molecule has 0 aromatic heterocycles. The molecular formula is C9H10NO2. The maximum Gasteiger partial charge on any atom is 0.137 e. The number of rotatable bonds is 3. The number of phenols is 1. The number of benzene rings is 1. The first-order valence-electron chi connectivity index (χ1n) is 3.63. The molecule has 12 heavy (non-hydrogen) atoms. The third kappa shape index (κ3) is 2.36. The van der Waals surface area contributed by atoms with E-state index in [0.29, 0.717) is 12.7 Å². The number of hydrogen-bond donors (Lipinski definition) is 2. The molecule has 0 bridgehead atoms. The van der Waals surface area contributed by atoms with Crippen LogP contribution in [0.5, 0.6) is 5.75 Å². The number of aromatic hydroxyl groups is 1. The Kier molecular flexibility index (Phi) is 2.82. The van der Waals surface area contributed by atoms with Crippen LogP contribution in [0.4, 0.5) is 0 Å². The van der Waals surface area contributed by atoms with Gasteiger partial charge < -0.3 is 15.6 Å². The second-order valence-electron chi connectivity index (χ2n) is 2.59. The predicted octanol–water partition coefficient (Wildman–Crippen LogP) is 0.261. The van der Waals surface area contributed by atoms with E-state index in [-0.39, 0.29) is 5.75 Å². The van der Waals surface area contributed by atoms with Crippen LogP contribution in [-0.2, 0) is 11.2 Å². The van der Waals surface area contributed by atoms with Crippen molar-refractivity contribution in [3.05, 3.63) is 29.8 Å². The molecule has 63 valence electrons. The van der Waals surface area contributed by atoms with Gasteiger partial charge in [-0.2, -0.15) is 0 Å². The normalized spacial score (nSPS) is 12.4. The Morgan fingerprint density at radius 1 is 1.67 bits per heavy atom. The number of carbonyl (C=O) groups excluding carboxylic acids is 1. The number of aldehydes is 1. The van der Waals surface area contributed by atoms with Crippen molar-refractivity contribution in [3.63, 3.8) is 0 Å². The van der Waals surface area contributed by atoms with Crippen molar-refractivity contribution in [1.29, 1.82) is 0 Å². The second-order valence-corrected chi connectivity index (χ2v) is 2.59. The highest BCUT2D eigenvalue weighted by Gasteiger charge is 2.01. The molecule has 0 spiro atoms. The number of hydrogen-bond acceptors (Lipinski definition) is 3. The second kappa shape index (κ2) is 3.88. The minimum atomic E-state index is -0.469. The van der Waals surface area contributed by atoms with Gasteiger partial charge in [0.05, 0.1) is 6.04 Å². The Labute approximate surface area is 70.8 Å². The first-order valence-corrected chi connectivity index (χ1v) is 3.63. The summed E-state index contributed by atoms with van der Waals surface area (Å²) < 4.78 is 0. The minimum absolute atomic E-state index is 0.0958. The quantitative estimate of drug-likeness (QED) is 0.630. The molecule has 0 aliphatic heterocycles. The van der Waals surface area contributed by atoms with Gasteiger partial charge in [-0.15, -0.1) is 0 Å². The summed E-state index contributed by atoms with van der Waals surface area (Å²) in [6, 6.07) is 7.01. The van der Waals surface area contributed by atoms with Crippen molar-refractivity contribution in [2.75, 3.05) is 0 Å². The van der Waals surface area contributed by atoms with E-state index < -0.39 is 6.04 Å². The highest BCUT2D eigenvalue weighted by atomic mass is 16.3. The summed E-state index contributed by atoms with van der Waals surface area (Å²) in [7, 11) is 0. The fraction of sp³-hybridized carbons (Fsp3) is 0.222. The van der Waals surface area contributed by atoms with Gasteiger partial charge in [0.15, 0.2) is 0 Å². The summed E-state index contributed by atoms with van der Waals surface area (Å²) in [4.78, 5) is 10.2. The molecule has 3 heteroatoms. The van der Waals surface area contributed by atoms with Gasteiger partial charge in [0, 0.05) is 6.07 Å². The zero-order valence-corrected chi connectivity index (χ0v) is 6.53. The zero-order chi connectivity index (χ0) is 8.97. The minimum Gasteiger partial charge on any atom is -0.507 e. The van der Waals surface area contributed by atoms with Crippen molar-refractivity contribution >= 4 is 6.29 Å². The van der Waals surface area contributed by atoms with Crippen LogP contribution in [0.1, 0.15) is 5.56 Å². The summed E-state index contributed by atoms with van der Waals surface area (Å²) >= 11 is 0. The summed E-state index contributed by atoms with van der Waals surface area (Å²) in [6.45, 7) is 0. The predicted molar refractivity (Wildman–Crippen MR) is 44.7 cm³/mol. The average molecular weight is 164 g/mol. The van der Waals surface area contributed by atoms with Crippen LogP contribution in [0.2, 0.25) is 0 Å². The Bertz CT molecular complexity index is 256. The molecular weight excluding hydrogens is 154 g/mol. The number of carbonyl (C=O) groups is 1. The van der Waals surface area contributed by atoms with Gasteiger partial charge in [-0.05, 0) is 24.1 Å². The highest BCUT2D eigenvalue weighted by Crippen LogP contribution is 2.09. The van der Waals surface area contributed by atoms with Gasteiger partial charge in [-0.3, -0.25) is 0 Å². The van der Waals surface area contributed by atoms with Crippen LogP contribution in [0.3, 0.4) is 0 Å². The first kappa shape index (κ1) is 8.74. The van der Waals surface area contributed by atoms with Gasteiger partial charge in [0.2, 0.25) is 0 Å². The molecule has 0 unspecified atom stereocenters. The van der Waals surface area contributed by atoms with Crippen LogP contribution < -0.4 is 5.73 Å². The third-order valence-electron chi connectivity index (χ3n) is 1.51. The van der Waals surface area contributed by atoms with Crippen LogP contribution in [-0.4, -0.2) is 17.4 Å². The fourth-order valence-electron chi connectivity index (χ4n) is 0.896. The van der Waals surface area contributed by atoms with Crippen LogP contribution in [0.15, 0.2) is 18.2 Å². The van der Waals surface area contributed by atoms with E-state index in [1.807, 2.05) is 0 Å². The van der Waals surface area contributed by atoms with Gasteiger partial charge in [-0.25, -0.2) is 0 Å². The van der Waals surface area contributed by atoms with Crippen molar-refractivity contribution in [2.24, 2.45) is 5.73 Å². The van der Waals surface area contributed by atoms with Gasteiger partial charge in [0.1, 0.15) is 12.0 Å². The topological polar surface area (TPSA) is 63.3 Å². The largest absolute Gasteiger partial charge is 0.507 e. The monoisotopic (exact) mass is 164 g/mol. The summed E-state index contributed by atoms with van der Waals surface area (Å²) in [6.07, 6.45) is 1.19. The molecule has 1 aromatic carbocycles. The number of nitrogens with two attached hydrogens (primary N) is 1. The Morgan fingerprint density at radius 3 is 2.92 bits per heavy atom. The SMILES string of the molecule is N[C@H](C=O)Cc1c[c]c(O)cc1. The lowest BCUT2D eigenvalue weighted by Crippen LogP contribution is -2.23. The maximum atomic E-state index is 10.2. The molecule has 1 radical (unpaired) electrons. The van der Waals surface area contributed by atoms with E-state index in [2.05, 4.69) is 6.07 Å². The number of phenolic OH excluding ortho intramolecular Hbond substituents is 1. The molecule has 0 saturated heterocycles. The van der Waals surface area contributed by atoms with Gasteiger partial charge in [0.25, 0.3) is 0 Å².